The molecule has 0 saturated heterocycles. The number of hydrogen-bond acceptors (Lipinski definition) is 4. The molecule has 1 atom stereocenters. The smallest absolute Gasteiger partial charge is 0.265 e. The second-order valence-corrected chi connectivity index (χ2v) is 6.29. The van der Waals surface area contributed by atoms with Crippen LogP contribution >= 0.6 is 7.82 Å². The predicted molar refractivity (Wildman–Crippen MR) is 78.4 cm³/mol. The SMILES string of the molecule is CCCCCCCCCCCCOCCOP(=O)([O-])O. The van der Waals surface area contributed by atoms with Crippen molar-refractivity contribution in [3.05, 3.63) is 0 Å². The van der Waals surface area contributed by atoms with Gasteiger partial charge in [-0.25, -0.2) is 0 Å². The summed E-state index contributed by atoms with van der Waals surface area (Å²) in [7, 11) is -4.58. The van der Waals surface area contributed by atoms with E-state index in [1.54, 1.807) is 0 Å². The summed E-state index contributed by atoms with van der Waals surface area (Å²) < 4.78 is 19.6. The summed E-state index contributed by atoms with van der Waals surface area (Å²) in [6.45, 7) is 2.94. The van der Waals surface area contributed by atoms with Gasteiger partial charge in [-0.1, -0.05) is 64.7 Å². The molecule has 1 unspecified atom stereocenters. The monoisotopic (exact) mass is 309 g/mol. The number of phosphoric acid groups is 1. The molecule has 20 heavy (non-hydrogen) atoms. The molecule has 0 bridgehead atoms. The van der Waals surface area contributed by atoms with Crippen LogP contribution in [0.5, 0.6) is 0 Å². The molecule has 0 heterocycles. The van der Waals surface area contributed by atoms with Crippen molar-refractivity contribution in [1.29, 1.82) is 0 Å². The van der Waals surface area contributed by atoms with Gasteiger partial charge < -0.3 is 19.0 Å². The summed E-state index contributed by atoms with van der Waals surface area (Å²) in [5.41, 5.74) is 0. The van der Waals surface area contributed by atoms with E-state index in [1.807, 2.05) is 0 Å². The lowest BCUT2D eigenvalue weighted by Crippen LogP contribution is -2.09. The number of unbranched alkanes of at least 4 members (excludes halogenated alkanes) is 9. The third-order valence-corrected chi connectivity index (χ3v) is 3.63. The van der Waals surface area contributed by atoms with Gasteiger partial charge in [-0.05, 0) is 6.42 Å². The van der Waals surface area contributed by atoms with Crippen molar-refractivity contribution >= 4 is 7.82 Å². The number of ether oxygens (including phenoxy) is 1. The van der Waals surface area contributed by atoms with Gasteiger partial charge in [0.05, 0.1) is 13.2 Å². The van der Waals surface area contributed by atoms with Crippen molar-refractivity contribution < 1.29 is 23.6 Å². The standard InChI is InChI=1S/C14H31O5P/c1-2-3-4-5-6-7-8-9-10-11-12-18-13-14-19-20(15,16)17/h2-14H2,1H3,(H2,15,16,17)/p-1. The van der Waals surface area contributed by atoms with E-state index in [0.29, 0.717) is 6.61 Å². The highest BCUT2D eigenvalue weighted by molar-refractivity contribution is 7.44. The van der Waals surface area contributed by atoms with Gasteiger partial charge >= 0.3 is 0 Å². The maximum absolute atomic E-state index is 10.3. The van der Waals surface area contributed by atoms with E-state index in [4.69, 9.17) is 9.63 Å². The molecule has 0 aromatic rings. The first-order chi connectivity index (χ1) is 9.56. The summed E-state index contributed by atoms with van der Waals surface area (Å²) in [5.74, 6) is 0. The Morgan fingerprint density at radius 3 is 1.85 bits per heavy atom. The van der Waals surface area contributed by atoms with Crippen LogP contribution in [0.4, 0.5) is 0 Å². The van der Waals surface area contributed by atoms with E-state index in [9.17, 15) is 9.46 Å². The Bertz CT molecular complexity index is 242. The maximum atomic E-state index is 10.3. The van der Waals surface area contributed by atoms with Crippen LogP contribution in [0, 0.1) is 0 Å². The molecule has 0 fully saturated rings. The Labute approximate surface area is 123 Å². The number of hydrogen-bond donors (Lipinski definition) is 1. The fourth-order valence-electron chi connectivity index (χ4n) is 2.01. The molecule has 0 radical (unpaired) electrons. The Morgan fingerprint density at radius 1 is 0.850 bits per heavy atom. The predicted octanol–water partition coefficient (Wildman–Crippen LogP) is 3.40. The Hall–Kier alpha value is 0.0700. The fourth-order valence-corrected chi connectivity index (χ4v) is 2.31. The van der Waals surface area contributed by atoms with Gasteiger partial charge in [0.1, 0.15) is 0 Å². The first-order valence-corrected chi connectivity index (χ1v) is 9.32. The summed E-state index contributed by atoms with van der Waals surface area (Å²) in [6.07, 6.45) is 12.7. The van der Waals surface area contributed by atoms with Crippen LogP contribution in [0.2, 0.25) is 0 Å². The quantitative estimate of drug-likeness (QED) is 0.370. The molecule has 6 heteroatoms. The average Bonchev–Trinajstić information content (AvgIpc) is 2.38. The fraction of sp³-hybridized carbons (Fsp3) is 1.00. The van der Waals surface area contributed by atoms with Crippen LogP contribution in [0.25, 0.3) is 0 Å². The van der Waals surface area contributed by atoms with Gasteiger partial charge in [-0.15, -0.1) is 0 Å². The maximum Gasteiger partial charge on any atom is 0.265 e. The zero-order valence-corrected chi connectivity index (χ0v) is 13.6. The van der Waals surface area contributed by atoms with Gasteiger partial charge in [-0.3, -0.25) is 4.57 Å². The molecule has 0 spiro atoms. The molecule has 0 aromatic heterocycles. The van der Waals surface area contributed by atoms with Crippen LogP contribution < -0.4 is 4.89 Å². The van der Waals surface area contributed by atoms with Crippen LogP contribution in [-0.4, -0.2) is 24.7 Å². The van der Waals surface area contributed by atoms with Gasteiger partial charge in [-0.2, -0.15) is 0 Å². The zero-order chi connectivity index (χ0) is 15.1. The van der Waals surface area contributed by atoms with E-state index in [-0.39, 0.29) is 13.2 Å². The third-order valence-electron chi connectivity index (χ3n) is 3.12. The molecule has 0 aliphatic heterocycles. The molecule has 0 saturated carbocycles. The summed E-state index contributed by atoms with van der Waals surface area (Å²) in [6, 6.07) is 0. The van der Waals surface area contributed by atoms with Crippen LogP contribution in [0.15, 0.2) is 0 Å². The highest BCUT2D eigenvalue weighted by atomic mass is 31.2. The van der Waals surface area contributed by atoms with Gasteiger partial charge in [0, 0.05) is 6.61 Å². The first-order valence-electron chi connectivity index (χ1n) is 7.82. The first kappa shape index (κ1) is 20.1. The van der Waals surface area contributed by atoms with E-state index >= 15 is 0 Å². The Kier molecular flexibility index (Phi) is 14.1. The van der Waals surface area contributed by atoms with Crippen molar-refractivity contribution in [3.8, 4) is 0 Å². The van der Waals surface area contributed by atoms with Crippen LogP contribution in [0.3, 0.4) is 0 Å². The molecule has 122 valence electrons. The van der Waals surface area contributed by atoms with Gasteiger partial charge in [0.15, 0.2) is 0 Å². The molecule has 0 aliphatic carbocycles. The van der Waals surface area contributed by atoms with Gasteiger partial charge in [0.2, 0.25) is 0 Å². The topological polar surface area (TPSA) is 78.8 Å². The van der Waals surface area contributed by atoms with Crippen molar-refractivity contribution in [2.45, 2.75) is 71.1 Å². The van der Waals surface area contributed by atoms with Crippen LogP contribution in [-0.2, 0) is 13.8 Å². The van der Waals surface area contributed by atoms with E-state index in [0.717, 1.165) is 12.8 Å². The molecule has 0 aliphatic rings. The molecule has 0 aromatic carbocycles. The van der Waals surface area contributed by atoms with Gasteiger partial charge in [0.25, 0.3) is 7.82 Å². The van der Waals surface area contributed by atoms with Crippen molar-refractivity contribution in [2.24, 2.45) is 0 Å². The largest absolute Gasteiger partial charge is 0.756 e. The minimum atomic E-state index is -4.58. The summed E-state index contributed by atoms with van der Waals surface area (Å²) in [5, 5.41) is 0. The van der Waals surface area contributed by atoms with Crippen molar-refractivity contribution in [1.82, 2.24) is 0 Å². The van der Waals surface area contributed by atoms with Crippen molar-refractivity contribution in [2.75, 3.05) is 19.8 Å². The summed E-state index contributed by atoms with van der Waals surface area (Å²) in [4.78, 5) is 18.6. The second kappa shape index (κ2) is 14.0. The second-order valence-electron chi connectivity index (χ2n) is 5.10. The molecule has 5 nitrogen and oxygen atoms in total. The highest BCUT2D eigenvalue weighted by Gasteiger charge is 2.00. The molecule has 0 rings (SSSR count). The lowest BCUT2D eigenvalue weighted by atomic mass is 10.1. The van der Waals surface area contributed by atoms with Crippen LogP contribution in [0.1, 0.15) is 71.1 Å². The lowest BCUT2D eigenvalue weighted by molar-refractivity contribution is -0.220. The lowest BCUT2D eigenvalue weighted by Gasteiger charge is -2.15. The normalized spacial score (nSPS) is 14.3. The minimum Gasteiger partial charge on any atom is -0.756 e. The minimum absolute atomic E-state index is 0.116. The van der Waals surface area contributed by atoms with E-state index < -0.39 is 7.82 Å². The molecule has 0 amide bonds. The third kappa shape index (κ3) is 18.1. The number of phosphoric ester groups is 1. The average molecular weight is 309 g/mol. The zero-order valence-electron chi connectivity index (χ0n) is 12.7. The van der Waals surface area contributed by atoms with E-state index in [2.05, 4.69) is 11.4 Å². The van der Waals surface area contributed by atoms with E-state index in [1.165, 1.54) is 51.4 Å². The Morgan fingerprint density at radius 2 is 1.35 bits per heavy atom. The number of rotatable bonds is 15. The summed E-state index contributed by atoms with van der Waals surface area (Å²) >= 11 is 0. The van der Waals surface area contributed by atoms with Crippen molar-refractivity contribution in [3.63, 3.8) is 0 Å². The molecular weight excluding hydrogens is 279 g/mol. The molecular formula is C14H30O5P-. The highest BCUT2D eigenvalue weighted by Crippen LogP contribution is 2.29. The Balaban J connectivity index is 3.01. The molecule has 1 N–H and O–H groups in total.